The molecule has 136 valence electrons. The highest BCUT2D eigenvalue weighted by Gasteiger charge is 2.25. The highest BCUT2D eigenvalue weighted by molar-refractivity contribution is 5.85. The first-order valence-electron chi connectivity index (χ1n) is 8.20. The van der Waals surface area contributed by atoms with E-state index in [2.05, 4.69) is 39.8 Å². The fourth-order valence-corrected chi connectivity index (χ4v) is 3.14. The number of nitrogens with one attached hydrogen (secondary N) is 2. The van der Waals surface area contributed by atoms with E-state index in [1.165, 1.54) is 5.56 Å². The Morgan fingerprint density at radius 2 is 2.08 bits per heavy atom. The highest BCUT2D eigenvalue weighted by Crippen LogP contribution is 2.10. The maximum Gasteiger partial charge on any atom is 0.237 e. The molecule has 2 fully saturated rings. The quantitative estimate of drug-likeness (QED) is 0.820. The monoisotopic (exact) mass is 375 g/mol. The van der Waals surface area contributed by atoms with Crippen LogP contribution in [0.1, 0.15) is 18.4 Å². The molecule has 0 spiro atoms. The summed E-state index contributed by atoms with van der Waals surface area (Å²) in [5, 5.41) is 6.25. The molecule has 24 heavy (non-hydrogen) atoms. The summed E-state index contributed by atoms with van der Waals surface area (Å²) in [6.45, 7) is 5.04. The third-order valence-corrected chi connectivity index (χ3v) is 4.35. The van der Waals surface area contributed by atoms with E-state index in [1.807, 2.05) is 6.07 Å². The average Bonchev–Trinajstić information content (AvgIpc) is 3.08. The van der Waals surface area contributed by atoms with Gasteiger partial charge in [-0.3, -0.25) is 9.69 Å². The number of ether oxygens (including phenoxy) is 1. The molecule has 0 bridgehead atoms. The predicted octanol–water partition coefficient (Wildman–Crippen LogP) is 1.60. The van der Waals surface area contributed by atoms with Gasteiger partial charge < -0.3 is 15.4 Å². The SMILES string of the molecule is Cl.Cl.O=C(NCC1CN(Cc2ccccc2)CCO1)[C@@H]1CCCN1. The van der Waals surface area contributed by atoms with Crippen LogP contribution >= 0.6 is 24.8 Å². The number of morpholine rings is 1. The number of hydrogen-bond donors (Lipinski definition) is 2. The van der Waals surface area contributed by atoms with E-state index in [0.29, 0.717) is 6.54 Å². The first-order chi connectivity index (χ1) is 10.8. The number of amides is 1. The molecule has 0 radical (unpaired) electrons. The van der Waals surface area contributed by atoms with Gasteiger partial charge in [-0.05, 0) is 24.9 Å². The molecule has 0 aliphatic carbocycles. The van der Waals surface area contributed by atoms with Gasteiger partial charge in [0.1, 0.15) is 0 Å². The minimum absolute atomic E-state index is 0. The van der Waals surface area contributed by atoms with E-state index in [9.17, 15) is 4.79 Å². The van der Waals surface area contributed by atoms with Crippen LogP contribution in [0, 0.1) is 0 Å². The minimum Gasteiger partial charge on any atom is -0.374 e. The van der Waals surface area contributed by atoms with Gasteiger partial charge in [0.15, 0.2) is 0 Å². The van der Waals surface area contributed by atoms with Gasteiger partial charge in [-0.25, -0.2) is 0 Å². The van der Waals surface area contributed by atoms with Crippen LogP contribution in [-0.4, -0.2) is 55.7 Å². The summed E-state index contributed by atoms with van der Waals surface area (Å²) < 4.78 is 5.78. The zero-order chi connectivity index (χ0) is 15.2. The fraction of sp³-hybridized carbons (Fsp3) is 0.588. The lowest BCUT2D eigenvalue weighted by molar-refractivity contribution is -0.124. The van der Waals surface area contributed by atoms with Crippen molar-refractivity contribution in [3.63, 3.8) is 0 Å². The largest absolute Gasteiger partial charge is 0.374 e. The molecule has 1 amide bonds. The van der Waals surface area contributed by atoms with Gasteiger partial charge in [-0.15, -0.1) is 24.8 Å². The summed E-state index contributed by atoms with van der Waals surface area (Å²) in [7, 11) is 0. The average molecular weight is 376 g/mol. The molecule has 2 atom stereocenters. The van der Waals surface area contributed by atoms with Crippen LogP contribution < -0.4 is 10.6 Å². The van der Waals surface area contributed by atoms with Crippen LogP contribution in [0.4, 0.5) is 0 Å². The van der Waals surface area contributed by atoms with Crippen molar-refractivity contribution in [2.45, 2.75) is 31.5 Å². The third-order valence-electron chi connectivity index (χ3n) is 4.35. The molecule has 2 saturated heterocycles. The molecule has 2 N–H and O–H groups in total. The Hall–Kier alpha value is -0.850. The maximum atomic E-state index is 12.0. The van der Waals surface area contributed by atoms with E-state index in [4.69, 9.17) is 4.74 Å². The lowest BCUT2D eigenvalue weighted by atomic mass is 10.2. The molecule has 1 aromatic rings. The molecular weight excluding hydrogens is 349 g/mol. The Kier molecular flexibility index (Phi) is 9.63. The van der Waals surface area contributed by atoms with Crippen LogP contribution in [0.25, 0.3) is 0 Å². The second-order valence-electron chi connectivity index (χ2n) is 6.11. The Morgan fingerprint density at radius 3 is 2.79 bits per heavy atom. The van der Waals surface area contributed by atoms with Gasteiger partial charge in [-0.1, -0.05) is 30.3 Å². The van der Waals surface area contributed by atoms with Crippen LogP contribution in [-0.2, 0) is 16.1 Å². The Balaban J connectivity index is 0.00000144. The molecular formula is C17H27Cl2N3O2. The van der Waals surface area contributed by atoms with Crippen LogP contribution in [0.2, 0.25) is 0 Å². The van der Waals surface area contributed by atoms with Crippen molar-refractivity contribution >= 4 is 30.7 Å². The topological polar surface area (TPSA) is 53.6 Å². The summed E-state index contributed by atoms with van der Waals surface area (Å²) >= 11 is 0. The number of carbonyl (C=O) groups excluding carboxylic acids is 1. The molecule has 2 aliphatic heterocycles. The zero-order valence-corrected chi connectivity index (χ0v) is 15.4. The van der Waals surface area contributed by atoms with E-state index < -0.39 is 0 Å². The standard InChI is InChI=1S/C17H25N3O2.2ClH/c21-17(16-7-4-8-18-16)19-11-15-13-20(9-10-22-15)12-14-5-2-1-3-6-14;;/h1-3,5-6,15-16,18H,4,7-13H2,(H,19,21);2*1H/t15?,16-;;/m0../s1. The third kappa shape index (κ3) is 6.22. The second-order valence-corrected chi connectivity index (χ2v) is 6.11. The van der Waals surface area contributed by atoms with Gasteiger partial charge in [-0.2, -0.15) is 0 Å². The van der Waals surface area contributed by atoms with Crippen LogP contribution in [0.5, 0.6) is 0 Å². The van der Waals surface area contributed by atoms with E-state index in [0.717, 1.165) is 45.6 Å². The first-order valence-corrected chi connectivity index (χ1v) is 8.20. The molecule has 2 aliphatic rings. The van der Waals surface area contributed by atoms with Gasteiger partial charge in [0, 0.05) is 26.2 Å². The van der Waals surface area contributed by atoms with Gasteiger partial charge in [0.05, 0.1) is 18.8 Å². The van der Waals surface area contributed by atoms with Crippen molar-refractivity contribution in [1.29, 1.82) is 0 Å². The van der Waals surface area contributed by atoms with E-state index in [1.54, 1.807) is 0 Å². The van der Waals surface area contributed by atoms with Crippen molar-refractivity contribution in [2.75, 3.05) is 32.8 Å². The Bertz CT molecular complexity index is 484. The highest BCUT2D eigenvalue weighted by atomic mass is 35.5. The molecule has 3 rings (SSSR count). The summed E-state index contributed by atoms with van der Waals surface area (Å²) in [5.41, 5.74) is 1.32. The summed E-state index contributed by atoms with van der Waals surface area (Å²) in [5.74, 6) is 0.112. The number of benzene rings is 1. The molecule has 5 nitrogen and oxygen atoms in total. The van der Waals surface area contributed by atoms with Gasteiger partial charge in [0.25, 0.3) is 0 Å². The summed E-state index contributed by atoms with van der Waals surface area (Å²) in [6.07, 6.45) is 2.11. The van der Waals surface area contributed by atoms with Crippen molar-refractivity contribution in [3.05, 3.63) is 35.9 Å². The summed E-state index contributed by atoms with van der Waals surface area (Å²) in [6, 6.07) is 10.5. The van der Waals surface area contributed by atoms with Gasteiger partial charge in [0.2, 0.25) is 5.91 Å². The van der Waals surface area contributed by atoms with Crippen LogP contribution in [0.3, 0.4) is 0 Å². The van der Waals surface area contributed by atoms with Crippen molar-refractivity contribution in [1.82, 2.24) is 15.5 Å². The Labute approximate surface area is 156 Å². The minimum atomic E-state index is -0.0102. The van der Waals surface area contributed by atoms with Crippen molar-refractivity contribution < 1.29 is 9.53 Å². The molecule has 1 aromatic carbocycles. The van der Waals surface area contributed by atoms with E-state index in [-0.39, 0.29) is 42.9 Å². The smallest absolute Gasteiger partial charge is 0.237 e. The van der Waals surface area contributed by atoms with Crippen molar-refractivity contribution in [3.8, 4) is 0 Å². The van der Waals surface area contributed by atoms with Crippen molar-refractivity contribution in [2.24, 2.45) is 0 Å². The number of rotatable bonds is 5. The molecule has 1 unspecified atom stereocenters. The fourth-order valence-electron chi connectivity index (χ4n) is 3.14. The second kappa shape index (κ2) is 10.9. The lowest BCUT2D eigenvalue weighted by Gasteiger charge is -2.33. The Morgan fingerprint density at radius 1 is 1.29 bits per heavy atom. The lowest BCUT2D eigenvalue weighted by Crippen LogP contribution is -2.49. The molecule has 7 heteroatoms. The first kappa shape index (κ1) is 21.2. The molecule has 0 saturated carbocycles. The number of halogens is 2. The molecule has 2 heterocycles. The van der Waals surface area contributed by atoms with Crippen LogP contribution in [0.15, 0.2) is 30.3 Å². The number of carbonyl (C=O) groups is 1. The molecule has 0 aromatic heterocycles. The normalized spacial score (nSPS) is 23.8. The van der Waals surface area contributed by atoms with Gasteiger partial charge >= 0.3 is 0 Å². The number of nitrogens with zero attached hydrogens (tertiary/aromatic N) is 1. The van der Waals surface area contributed by atoms with E-state index >= 15 is 0 Å². The zero-order valence-electron chi connectivity index (χ0n) is 13.8. The predicted molar refractivity (Wildman–Crippen MR) is 100.0 cm³/mol. The maximum absolute atomic E-state index is 12.0. The summed E-state index contributed by atoms with van der Waals surface area (Å²) in [4.78, 5) is 14.4. The number of hydrogen-bond acceptors (Lipinski definition) is 4.